The van der Waals surface area contributed by atoms with Crippen LogP contribution in [-0.4, -0.2) is 17.6 Å². The van der Waals surface area contributed by atoms with E-state index in [2.05, 4.69) is 5.32 Å². The lowest BCUT2D eigenvalue weighted by molar-refractivity contribution is 0.0345. The average Bonchev–Trinajstić information content (AvgIpc) is 3.13. The van der Waals surface area contributed by atoms with Crippen molar-refractivity contribution in [3.63, 3.8) is 0 Å². The second-order valence-electron chi connectivity index (χ2n) is 5.08. The van der Waals surface area contributed by atoms with E-state index in [0.29, 0.717) is 10.6 Å². The summed E-state index contributed by atoms with van der Waals surface area (Å²) in [7, 11) is 0. The van der Waals surface area contributed by atoms with Crippen LogP contribution >= 0.6 is 11.3 Å². The predicted molar refractivity (Wildman–Crippen MR) is 82.4 cm³/mol. The Kier molecular flexibility index (Phi) is 3.53. The molecule has 1 unspecified atom stereocenters. The third-order valence-electron chi connectivity index (χ3n) is 3.29. The van der Waals surface area contributed by atoms with Gasteiger partial charge in [-0.05, 0) is 30.5 Å². The van der Waals surface area contributed by atoms with Crippen LogP contribution in [0.1, 0.15) is 22.4 Å². The Labute approximate surface area is 126 Å². The fourth-order valence-corrected chi connectivity index (χ4v) is 2.72. The summed E-state index contributed by atoms with van der Waals surface area (Å²) in [5.74, 6) is 0.247. The van der Waals surface area contributed by atoms with Crippen molar-refractivity contribution in [2.75, 3.05) is 6.54 Å². The molecule has 2 aromatic heterocycles. The lowest BCUT2D eigenvalue weighted by Crippen LogP contribution is -2.38. The van der Waals surface area contributed by atoms with Crippen molar-refractivity contribution in [1.29, 1.82) is 0 Å². The Morgan fingerprint density at radius 1 is 1.33 bits per heavy atom. The van der Waals surface area contributed by atoms with Gasteiger partial charge in [-0.3, -0.25) is 4.79 Å². The fourth-order valence-electron chi connectivity index (χ4n) is 2.08. The van der Waals surface area contributed by atoms with Crippen molar-refractivity contribution in [1.82, 2.24) is 5.32 Å². The molecule has 1 aromatic carbocycles. The zero-order valence-corrected chi connectivity index (χ0v) is 12.3. The maximum Gasteiger partial charge on any atom is 0.261 e. The molecular weight excluding hydrogens is 286 g/mol. The Balaban J connectivity index is 1.75. The number of carbonyl (C=O) groups is 1. The minimum absolute atomic E-state index is 0.0869. The first-order valence-electron chi connectivity index (χ1n) is 6.59. The van der Waals surface area contributed by atoms with E-state index < -0.39 is 5.60 Å². The molecule has 1 amide bonds. The fraction of sp³-hybridized carbons (Fsp3) is 0.188. The van der Waals surface area contributed by atoms with E-state index in [1.165, 1.54) is 11.3 Å². The maximum absolute atomic E-state index is 11.9. The van der Waals surface area contributed by atoms with Gasteiger partial charge in [-0.15, -0.1) is 11.3 Å². The molecule has 0 spiro atoms. The number of furan rings is 1. The van der Waals surface area contributed by atoms with Gasteiger partial charge in [-0.25, -0.2) is 0 Å². The van der Waals surface area contributed by atoms with Crippen molar-refractivity contribution in [3.8, 4) is 0 Å². The number of rotatable bonds is 4. The highest BCUT2D eigenvalue weighted by Crippen LogP contribution is 2.27. The van der Waals surface area contributed by atoms with Gasteiger partial charge in [0.2, 0.25) is 0 Å². The molecule has 108 valence electrons. The molecule has 0 radical (unpaired) electrons. The standard InChI is InChI=1S/C16H15NO3S/c1-16(19,10-17-15(18)13-7-4-8-21-13)14-9-11-5-2-3-6-12(11)20-14/h2-9,19H,10H2,1H3,(H,17,18). The smallest absolute Gasteiger partial charge is 0.261 e. The van der Waals surface area contributed by atoms with Crippen LogP contribution in [-0.2, 0) is 5.60 Å². The number of fused-ring (bicyclic) bond motifs is 1. The number of benzene rings is 1. The number of hydrogen-bond donors (Lipinski definition) is 2. The summed E-state index contributed by atoms with van der Waals surface area (Å²) in [5.41, 5.74) is -0.538. The number of amides is 1. The Morgan fingerprint density at radius 3 is 2.86 bits per heavy atom. The summed E-state index contributed by atoms with van der Waals surface area (Å²) >= 11 is 1.36. The second-order valence-corrected chi connectivity index (χ2v) is 6.03. The van der Waals surface area contributed by atoms with E-state index in [9.17, 15) is 9.90 Å². The van der Waals surface area contributed by atoms with Gasteiger partial charge in [0.15, 0.2) is 0 Å². The first-order chi connectivity index (χ1) is 10.1. The molecule has 4 nitrogen and oxygen atoms in total. The third kappa shape index (κ3) is 2.84. The van der Waals surface area contributed by atoms with Crippen LogP contribution in [0.5, 0.6) is 0 Å². The van der Waals surface area contributed by atoms with Crippen LogP contribution in [0, 0.1) is 0 Å². The summed E-state index contributed by atoms with van der Waals surface area (Å²) in [6, 6.07) is 12.9. The van der Waals surface area contributed by atoms with Gasteiger partial charge in [-0.1, -0.05) is 24.3 Å². The summed E-state index contributed by atoms with van der Waals surface area (Å²) in [5, 5.41) is 16.0. The highest BCUT2D eigenvalue weighted by Gasteiger charge is 2.28. The highest BCUT2D eigenvalue weighted by atomic mass is 32.1. The van der Waals surface area contributed by atoms with E-state index in [-0.39, 0.29) is 12.5 Å². The van der Waals surface area contributed by atoms with E-state index in [1.54, 1.807) is 19.1 Å². The number of nitrogens with one attached hydrogen (secondary N) is 1. The molecule has 0 fully saturated rings. The average molecular weight is 301 g/mol. The topological polar surface area (TPSA) is 62.5 Å². The maximum atomic E-state index is 11.9. The van der Waals surface area contributed by atoms with Crippen molar-refractivity contribution < 1.29 is 14.3 Å². The van der Waals surface area contributed by atoms with Gasteiger partial charge in [0, 0.05) is 5.39 Å². The summed E-state index contributed by atoms with van der Waals surface area (Å²) in [4.78, 5) is 12.5. The Bertz CT molecular complexity index is 726. The van der Waals surface area contributed by atoms with Gasteiger partial charge >= 0.3 is 0 Å². The molecule has 3 rings (SSSR count). The summed E-state index contributed by atoms with van der Waals surface area (Å²) in [6.45, 7) is 1.71. The normalized spacial score (nSPS) is 14.0. The zero-order valence-electron chi connectivity index (χ0n) is 11.5. The highest BCUT2D eigenvalue weighted by molar-refractivity contribution is 7.12. The molecule has 5 heteroatoms. The molecule has 0 saturated carbocycles. The third-order valence-corrected chi connectivity index (χ3v) is 4.16. The molecule has 0 aliphatic heterocycles. The monoisotopic (exact) mass is 301 g/mol. The minimum atomic E-state index is -1.26. The van der Waals surface area contributed by atoms with Gasteiger partial charge in [0.1, 0.15) is 16.9 Å². The van der Waals surface area contributed by atoms with Gasteiger partial charge in [0.25, 0.3) is 5.91 Å². The van der Waals surface area contributed by atoms with E-state index in [0.717, 1.165) is 11.0 Å². The molecule has 2 N–H and O–H groups in total. The minimum Gasteiger partial charge on any atom is -0.458 e. The molecular formula is C16H15NO3S. The number of carbonyl (C=O) groups excluding carboxylic acids is 1. The molecule has 3 aromatic rings. The van der Waals surface area contributed by atoms with Crippen LogP contribution in [0.2, 0.25) is 0 Å². The van der Waals surface area contributed by atoms with Crippen molar-refractivity contribution in [2.45, 2.75) is 12.5 Å². The van der Waals surface area contributed by atoms with Gasteiger partial charge < -0.3 is 14.8 Å². The van der Waals surface area contributed by atoms with Gasteiger partial charge in [0.05, 0.1) is 11.4 Å². The largest absolute Gasteiger partial charge is 0.458 e. The molecule has 1 atom stereocenters. The van der Waals surface area contributed by atoms with Crippen molar-refractivity contribution >= 4 is 28.2 Å². The lowest BCUT2D eigenvalue weighted by atomic mass is 10.0. The summed E-state index contributed by atoms with van der Waals surface area (Å²) in [6.07, 6.45) is 0. The van der Waals surface area contributed by atoms with Crippen LogP contribution in [0.3, 0.4) is 0 Å². The number of aliphatic hydroxyl groups is 1. The second kappa shape index (κ2) is 5.35. The van der Waals surface area contributed by atoms with Crippen molar-refractivity contribution in [2.24, 2.45) is 0 Å². The SMILES string of the molecule is CC(O)(CNC(=O)c1cccs1)c1cc2ccccc2o1. The van der Waals surface area contributed by atoms with Crippen molar-refractivity contribution in [3.05, 3.63) is 58.5 Å². The summed E-state index contributed by atoms with van der Waals surface area (Å²) < 4.78 is 5.66. The predicted octanol–water partition coefficient (Wildman–Crippen LogP) is 3.13. The first-order valence-corrected chi connectivity index (χ1v) is 7.47. The van der Waals surface area contributed by atoms with E-state index in [4.69, 9.17) is 4.42 Å². The quantitative estimate of drug-likeness (QED) is 0.778. The van der Waals surface area contributed by atoms with E-state index >= 15 is 0 Å². The Morgan fingerprint density at radius 2 is 2.14 bits per heavy atom. The first kappa shape index (κ1) is 13.9. The molecule has 2 heterocycles. The number of thiophene rings is 1. The van der Waals surface area contributed by atoms with Crippen LogP contribution < -0.4 is 5.32 Å². The molecule has 0 saturated heterocycles. The molecule has 0 aliphatic rings. The van der Waals surface area contributed by atoms with E-state index in [1.807, 2.05) is 35.7 Å². The Hall–Kier alpha value is -2.11. The molecule has 0 aliphatic carbocycles. The lowest BCUT2D eigenvalue weighted by Gasteiger charge is -2.20. The molecule has 0 bridgehead atoms. The number of para-hydroxylation sites is 1. The number of hydrogen-bond acceptors (Lipinski definition) is 4. The zero-order chi connectivity index (χ0) is 14.9. The van der Waals surface area contributed by atoms with Crippen LogP contribution in [0.4, 0.5) is 0 Å². The van der Waals surface area contributed by atoms with Gasteiger partial charge in [-0.2, -0.15) is 0 Å². The molecule has 21 heavy (non-hydrogen) atoms. The van der Waals surface area contributed by atoms with Crippen LogP contribution in [0.25, 0.3) is 11.0 Å². The van der Waals surface area contributed by atoms with Crippen LogP contribution in [0.15, 0.2) is 52.3 Å².